The standard InChI is InChI=1S/C12H19BrN2O/c1-9(8-16-3)15(2)7-10-4-5-12(14)11(13)6-10/h4-6,9H,7-8,14H2,1-3H3. The number of rotatable bonds is 5. The van der Waals surface area contributed by atoms with Crippen molar-refractivity contribution >= 4 is 21.6 Å². The Morgan fingerprint density at radius 3 is 2.75 bits per heavy atom. The van der Waals surface area contributed by atoms with Crippen molar-refractivity contribution < 1.29 is 4.74 Å². The molecule has 0 spiro atoms. The van der Waals surface area contributed by atoms with E-state index in [1.807, 2.05) is 6.07 Å². The normalized spacial score (nSPS) is 13.1. The fourth-order valence-electron chi connectivity index (χ4n) is 1.48. The number of nitrogens with two attached hydrogens (primary N) is 1. The first kappa shape index (κ1) is 13.5. The van der Waals surface area contributed by atoms with Gasteiger partial charge in [-0.2, -0.15) is 0 Å². The molecule has 4 heteroatoms. The molecular weight excluding hydrogens is 268 g/mol. The molecule has 0 aliphatic heterocycles. The highest BCUT2D eigenvalue weighted by atomic mass is 79.9. The van der Waals surface area contributed by atoms with E-state index in [1.54, 1.807) is 7.11 Å². The first-order valence-corrected chi connectivity index (χ1v) is 6.07. The average Bonchev–Trinajstić information content (AvgIpc) is 2.24. The van der Waals surface area contributed by atoms with Crippen molar-refractivity contribution in [1.82, 2.24) is 4.90 Å². The number of nitrogen functional groups attached to an aromatic ring is 1. The quantitative estimate of drug-likeness (QED) is 0.846. The van der Waals surface area contributed by atoms with Gasteiger partial charge in [0.2, 0.25) is 0 Å². The van der Waals surface area contributed by atoms with E-state index in [0.717, 1.165) is 23.3 Å². The van der Waals surface area contributed by atoms with Crippen LogP contribution in [0.4, 0.5) is 5.69 Å². The van der Waals surface area contributed by atoms with E-state index in [2.05, 4.69) is 46.9 Å². The minimum atomic E-state index is 0.404. The first-order valence-electron chi connectivity index (χ1n) is 5.27. The Morgan fingerprint density at radius 2 is 2.19 bits per heavy atom. The molecule has 0 saturated heterocycles. The number of hydrogen-bond acceptors (Lipinski definition) is 3. The van der Waals surface area contributed by atoms with Crippen LogP contribution in [0, 0.1) is 0 Å². The summed E-state index contributed by atoms with van der Waals surface area (Å²) in [6, 6.07) is 6.44. The molecule has 0 heterocycles. The molecule has 90 valence electrons. The number of benzene rings is 1. The van der Waals surface area contributed by atoms with E-state index in [0.29, 0.717) is 6.04 Å². The lowest BCUT2D eigenvalue weighted by Crippen LogP contribution is -2.32. The Labute approximate surface area is 106 Å². The smallest absolute Gasteiger partial charge is 0.0615 e. The highest BCUT2D eigenvalue weighted by Gasteiger charge is 2.09. The van der Waals surface area contributed by atoms with Gasteiger partial charge >= 0.3 is 0 Å². The summed E-state index contributed by atoms with van der Waals surface area (Å²) < 4.78 is 6.09. The van der Waals surface area contributed by atoms with Crippen LogP contribution in [0.3, 0.4) is 0 Å². The molecule has 0 fully saturated rings. The van der Waals surface area contributed by atoms with Crippen LogP contribution in [-0.2, 0) is 11.3 Å². The number of methoxy groups -OCH3 is 1. The maximum Gasteiger partial charge on any atom is 0.0615 e. The maximum absolute atomic E-state index is 5.75. The Balaban J connectivity index is 2.62. The van der Waals surface area contributed by atoms with Gasteiger partial charge in [0.25, 0.3) is 0 Å². The largest absolute Gasteiger partial charge is 0.398 e. The van der Waals surface area contributed by atoms with Gasteiger partial charge in [-0.25, -0.2) is 0 Å². The Morgan fingerprint density at radius 1 is 1.50 bits per heavy atom. The lowest BCUT2D eigenvalue weighted by molar-refractivity contribution is 0.112. The van der Waals surface area contributed by atoms with Crippen molar-refractivity contribution in [3.63, 3.8) is 0 Å². The van der Waals surface area contributed by atoms with Crippen molar-refractivity contribution in [2.24, 2.45) is 0 Å². The van der Waals surface area contributed by atoms with Crippen LogP contribution in [0.15, 0.2) is 22.7 Å². The number of ether oxygens (including phenoxy) is 1. The number of halogens is 1. The molecular formula is C12H19BrN2O. The molecule has 1 aromatic carbocycles. The molecule has 0 aromatic heterocycles. The van der Waals surface area contributed by atoms with Gasteiger partial charge in [0.1, 0.15) is 0 Å². The molecule has 3 nitrogen and oxygen atoms in total. The SMILES string of the molecule is COCC(C)N(C)Cc1ccc(N)c(Br)c1. The second-order valence-electron chi connectivity index (χ2n) is 4.08. The highest BCUT2D eigenvalue weighted by molar-refractivity contribution is 9.10. The van der Waals surface area contributed by atoms with Gasteiger partial charge in [-0.15, -0.1) is 0 Å². The summed E-state index contributed by atoms with van der Waals surface area (Å²) in [6.07, 6.45) is 0. The Hall–Kier alpha value is -0.580. The summed E-state index contributed by atoms with van der Waals surface area (Å²) in [5.74, 6) is 0. The molecule has 0 aliphatic carbocycles. The van der Waals surface area contributed by atoms with Gasteiger partial charge in [-0.1, -0.05) is 6.07 Å². The molecule has 16 heavy (non-hydrogen) atoms. The number of hydrogen-bond donors (Lipinski definition) is 1. The molecule has 0 aliphatic rings. The van der Waals surface area contributed by atoms with Crippen molar-refractivity contribution in [3.8, 4) is 0 Å². The third-order valence-electron chi connectivity index (χ3n) is 2.66. The van der Waals surface area contributed by atoms with Crippen LogP contribution in [-0.4, -0.2) is 31.7 Å². The predicted molar refractivity (Wildman–Crippen MR) is 71.4 cm³/mol. The van der Waals surface area contributed by atoms with Gasteiger partial charge in [0.15, 0.2) is 0 Å². The molecule has 2 N–H and O–H groups in total. The highest BCUT2D eigenvalue weighted by Crippen LogP contribution is 2.21. The summed E-state index contributed by atoms with van der Waals surface area (Å²) in [6.45, 7) is 3.78. The zero-order valence-corrected chi connectivity index (χ0v) is 11.6. The zero-order chi connectivity index (χ0) is 12.1. The monoisotopic (exact) mass is 286 g/mol. The van der Waals surface area contributed by atoms with Gasteiger partial charge in [0, 0.05) is 29.9 Å². The Bertz CT molecular complexity index is 344. The van der Waals surface area contributed by atoms with E-state index < -0.39 is 0 Å². The van der Waals surface area contributed by atoms with E-state index in [4.69, 9.17) is 10.5 Å². The van der Waals surface area contributed by atoms with Crippen LogP contribution < -0.4 is 5.73 Å². The van der Waals surface area contributed by atoms with Crippen molar-refractivity contribution in [2.75, 3.05) is 26.5 Å². The molecule has 1 rings (SSSR count). The third-order valence-corrected chi connectivity index (χ3v) is 3.34. The van der Waals surface area contributed by atoms with Crippen molar-refractivity contribution in [2.45, 2.75) is 19.5 Å². The van der Waals surface area contributed by atoms with E-state index in [9.17, 15) is 0 Å². The van der Waals surface area contributed by atoms with Crippen LogP contribution in [0.1, 0.15) is 12.5 Å². The molecule has 1 atom stereocenters. The predicted octanol–water partition coefficient (Wildman–Crippen LogP) is 2.50. The maximum atomic E-state index is 5.75. The molecule has 0 saturated carbocycles. The topological polar surface area (TPSA) is 38.5 Å². The molecule has 1 unspecified atom stereocenters. The van der Waals surface area contributed by atoms with E-state index in [1.165, 1.54) is 5.56 Å². The van der Waals surface area contributed by atoms with E-state index in [-0.39, 0.29) is 0 Å². The lowest BCUT2D eigenvalue weighted by atomic mass is 10.2. The summed E-state index contributed by atoms with van der Waals surface area (Å²) >= 11 is 3.44. The first-order chi connectivity index (χ1) is 7.54. The Kier molecular flexibility index (Phi) is 5.25. The summed E-state index contributed by atoms with van der Waals surface area (Å²) in [7, 11) is 3.82. The lowest BCUT2D eigenvalue weighted by Gasteiger charge is -2.24. The van der Waals surface area contributed by atoms with Crippen LogP contribution in [0.2, 0.25) is 0 Å². The number of anilines is 1. The fraction of sp³-hybridized carbons (Fsp3) is 0.500. The second kappa shape index (κ2) is 6.23. The third kappa shape index (κ3) is 3.77. The minimum Gasteiger partial charge on any atom is -0.398 e. The second-order valence-corrected chi connectivity index (χ2v) is 4.93. The zero-order valence-electron chi connectivity index (χ0n) is 10.0. The van der Waals surface area contributed by atoms with Crippen LogP contribution in [0.25, 0.3) is 0 Å². The average molecular weight is 287 g/mol. The number of nitrogens with zero attached hydrogens (tertiary/aromatic N) is 1. The van der Waals surface area contributed by atoms with Gasteiger partial charge in [-0.05, 0) is 47.6 Å². The molecule has 0 amide bonds. The van der Waals surface area contributed by atoms with Gasteiger partial charge < -0.3 is 10.5 Å². The number of likely N-dealkylation sites (N-methyl/N-ethyl adjacent to an activating group) is 1. The molecule has 1 aromatic rings. The van der Waals surface area contributed by atoms with Gasteiger partial charge in [0.05, 0.1) is 6.61 Å². The van der Waals surface area contributed by atoms with Crippen LogP contribution in [0.5, 0.6) is 0 Å². The molecule has 0 bridgehead atoms. The summed E-state index contributed by atoms with van der Waals surface area (Å²) in [4.78, 5) is 2.25. The minimum absolute atomic E-state index is 0.404. The fourth-order valence-corrected chi connectivity index (χ4v) is 1.91. The molecule has 0 radical (unpaired) electrons. The summed E-state index contributed by atoms with van der Waals surface area (Å²) in [5, 5.41) is 0. The van der Waals surface area contributed by atoms with Crippen molar-refractivity contribution in [3.05, 3.63) is 28.2 Å². The van der Waals surface area contributed by atoms with Crippen LogP contribution >= 0.6 is 15.9 Å². The van der Waals surface area contributed by atoms with E-state index >= 15 is 0 Å². The van der Waals surface area contributed by atoms with Crippen molar-refractivity contribution in [1.29, 1.82) is 0 Å². The summed E-state index contributed by atoms with van der Waals surface area (Å²) in [5.41, 5.74) is 7.76. The van der Waals surface area contributed by atoms with Gasteiger partial charge in [-0.3, -0.25) is 4.90 Å².